The van der Waals surface area contributed by atoms with Gasteiger partial charge >= 0.3 is 17.1 Å². The van der Waals surface area contributed by atoms with Gasteiger partial charge in [0, 0.05) is 24.5 Å². The van der Waals surface area contributed by atoms with Gasteiger partial charge in [0.25, 0.3) is 0 Å². The minimum absolute atomic E-state index is 0. The number of ketones is 1. The molecule has 0 amide bonds. The Bertz CT molecular complexity index is 559. The van der Waals surface area contributed by atoms with Gasteiger partial charge in [0.15, 0.2) is 6.29 Å². The molecule has 2 aromatic rings. The molecule has 2 aromatic carbocycles. The van der Waals surface area contributed by atoms with Crippen LogP contribution in [0.3, 0.4) is 0 Å². The molecule has 0 aliphatic carbocycles. The first-order chi connectivity index (χ1) is 13.2. The first kappa shape index (κ1) is 27.0. The van der Waals surface area contributed by atoms with Crippen LogP contribution in [0, 0.1) is 0 Å². The summed E-state index contributed by atoms with van der Waals surface area (Å²) in [6, 6.07) is 16.0. The van der Waals surface area contributed by atoms with Crippen LogP contribution in [0.2, 0.25) is 0 Å². The number of rotatable bonds is 13. The van der Waals surface area contributed by atoms with Crippen LogP contribution in [0.1, 0.15) is 68.1 Å². The zero-order chi connectivity index (χ0) is 19.7. The van der Waals surface area contributed by atoms with E-state index in [1.165, 1.54) is 37.3 Å². The minimum Gasteiger partial charge on any atom is -0.356 e. The molecule has 0 aliphatic heterocycles. The fourth-order valence-corrected chi connectivity index (χ4v) is 3.73. The summed E-state index contributed by atoms with van der Waals surface area (Å²) in [5, 5.41) is 1.25. The van der Waals surface area contributed by atoms with E-state index in [2.05, 4.69) is 6.07 Å². The Morgan fingerprint density at radius 3 is 2.04 bits per heavy atom. The molecule has 0 fully saturated rings. The van der Waals surface area contributed by atoms with E-state index in [9.17, 15) is 4.79 Å². The average molecular weight is 444 g/mol. The molecular formula is C23H36FeO3Si. The van der Waals surface area contributed by atoms with E-state index in [1.54, 1.807) is 14.2 Å². The van der Waals surface area contributed by atoms with Crippen molar-refractivity contribution in [3.05, 3.63) is 54.1 Å². The van der Waals surface area contributed by atoms with Crippen molar-refractivity contribution >= 4 is 21.2 Å². The first-order valence-corrected chi connectivity index (χ1v) is 11.2. The van der Waals surface area contributed by atoms with Gasteiger partial charge in [-0.2, -0.15) is 29.5 Å². The maximum Gasteiger partial charge on any atom is 2.00 e. The molecule has 2 rings (SSSR count). The third-order valence-electron chi connectivity index (χ3n) is 4.76. The number of hydrogen-bond donors (Lipinski definition) is 0. The van der Waals surface area contributed by atoms with Crippen LogP contribution >= 0.6 is 0 Å². The molecule has 0 atom stereocenters. The van der Waals surface area contributed by atoms with Crippen molar-refractivity contribution in [2.75, 3.05) is 14.2 Å². The molecule has 3 nitrogen and oxygen atoms in total. The fraction of sp³-hybridized carbons (Fsp3) is 0.522. The standard InChI is InChI=1S/C18H31O3Si.C5H5.Fe/c1-20-18(21-2)14-9-7-5-3-4-6-8-12-16(19)15-11-10-13-17(15)22;1-2-4-5-3-1;/h10-11,13,18H,3-9,12,14H2,1-2,22H3;1-5H;/q2*-1;+2. The number of unbranched alkanes of at least 4 members (excludes halogenated alkanes) is 6. The summed E-state index contributed by atoms with van der Waals surface area (Å²) in [6.07, 6.45) is 10.00. The molecule has 158 valence electrons. The molecule has 0 radical (unpaired) electrons. The maximum atomic E-state index is 12.0. The summed E-state index contributed by atoms with van der Waals surface area (Å²) in [7, 11) is 4.34. The Labute approximate surface area is 184 Å². The second-order valence-corrected chi connectivity index (χ2v) is 8.00. The summed E-state index contributed by atoms with van der Waals surface area (Å²) in [5.74, 6) is 0.333. The van der Waals surface area contributed by atoms with Crippen LogP contribution in [0.4, 0.5) is 0 Å². The van der Waals surface area contributed by atoms with E-state index in [4.69, 9.17) is 9.47 Å². The summed E-state index contributed by atoms with van der Waals surface area (Å²) < 4.78 is 10.3. The Morgan fingerprint density at radius 2 is 1.57 bits per heavy atom. The quantitative estimate of drug-likeness (QED) is 0.153. The van der Waals surface area contributed by atoms with E-state index in [1.807, 2.05) is 42.5 Å². The van der Waals surface area contributed by atoms with Crippen molar-refractivity contribution in [1.82, 2.24) is 0 Å². The number of hydrogen-bond acceptors (Lipinski definition) is 3. The zero-order valence-electron chi connectivity index (χ0n) is 17.6. The molecule has 5 heteroatoms. The number of carbonyl (C=O) groups excluding carboxylic acids is 1. The predicted molar refractivity (Wildman–Crippen MR) is 117 cm³/mol. The van der Waals surface area contributed by atoms with Gasteiger partial charge < -0.3 is 14.3 Å². The Balaban J connectivity index is 0.00000105. The van der Waals surface area contributed by atoms with Crippen molar-refractivity contribution in [3.63, 3.8) is 0 Å². The fourth-order valence-electron chi connectivity index (χ4n) is 3.09. The molecule has 0 saturated carbocycles. The maximum absolute atomic E-state index is 12.0. The molecule has 0 spiro atoms. The summed E-state index contributed by atoms with van der Waals surface area (Å²) in [6.45, 7) is 0. The zero-order valence-corrected chi connectivity index (χ0v) is 20.7. The molecule has 0 bridgehead atoms. The van der Waals surface area contributed by atoms with Crippen LogP contribution in [0.5, 0.6) is 0 Å². The molecule has 0 heterocycles. The average Bonchev–Trinajstić information content (AvgIpc) is 3.38. The molecule has 0 aromatic heterocycles. The smallest absolute Gasteiger partial charge is 0.356 e. The van der Waals surface area contributed by atoms with Gasteiger partial charge in [-0.25, -0.2) is 24.3 Å². The monoisotopic (exact) mass is 444 g/mol. The Morgan fingerprint density at radius 1 is 1.00 bits per heavy atom. The van der Waals surface area contributed by atoms with E-state index >= 15 is 0 Å². The van der Waals surface area contributed by atoms with Gasteiger partial charge in [-0.3, -0.25) is 0 Å². The summed E-state index contributed by atoms with van der Waals surface area (Å²) in [5.41, 5.74) is 0.970. The van der Waals surface area contributed by atoms with Crippen LogP contribution in [0.15, 0.2) is 48.5 Å². The molecular weight excluding hydrogens is 408 g/mol. The van der Waals surface area contributed by atoms with Gasteiger partial charge in [0.2, 0.25) is 0 Å². The van der Waals surface area contributed by atoms with Gasteiger partial charge in [-0.05, 0) is 25.7 Å². The number of methoxy groups -OCH3 is 2. The Kier molecular flexibility index (Phi) is 17.5. The first-order valence-electron chi connectivity index (χ1n) is 10.2. The normalized spacial score (nSPS) is 10.4. The minimum atomic E-state index is -0.0475. The van der Waals surface area contributed by atoms with Crippen LogP contribution < -0.4 is 5.19 Å². The molecule has 0 saturated heterocycles. The van der Waals surface area contributed by atoms with Crippen LogP contribution in [0.25, 0.3) is 0 Å². The number of ether oxygens (including phenoxy) is 2. The van der Waals surface area contributed by atoms with Crippen molar-refractivity contribution in [3.8, 4) is 0 Å². The predicted octanol–water partition coefficient (Wildman–Crippen LogP) is 4.11. The van der Waals surface area contributed by atoms with Crippen molar-refractivity contribution in [2.24, 2.45) is 0 Å². The SMILES string of the molecule is COC(CCCCCCCCCC(=O)[c-]1cccc1[SiH3])OC.[Fe+2].c1cc[cH-]c1. The second-order valence-electron chi connectivity index (χ2n) is 6.92. The summed E-state index contributed by atoms with van der Waals surface area (Å²) >= 11 is 0. The summed E-state index contributed by atoms with van der Waals surface area (Å²) in [4.78, 5) is 12.0. The van der Waals surface area contributed by atoms with Crippen LogP contribution in [-0.2, 0) is 26.5 Å². The molecule has 0 N–H and O–H groups in total. The third kappa shape index (κ3) is 12.5. The van der Waals surface area contributed by atoms with Gasteiger partial charge in [-0.1, -0.05) is 37.7 Å². The molecule has 28 heavy (non-hydrogen) atoms. The van der Waals surface area contributed by atoms with Crippen molar-refractivity contribution in [2.45, 2.75) is 64.1 Å². The van der Waals surface area contributed by atoms with E-state index < -0.39 is 0 Å². The molecule has 0 unspecified atom stereocenters. The number of Topliss-reactive ketones (excluding diaryl/α,β-unsaturated/α-hetero) is 1. The topological polar surface area (TPSA) is 35.5 Å². The van der Waals surface area contributed by atoms with Gasteiger partial charge in [0.05, 0.1) is 0 Å². The van der Waals surface area contributed by atoms with Gasteiger partial charge in [0.1, 0.15) is 5.78 Å². The second kappa shape index (κ2) is 18.1. The molecule has 0 aliphatic rings. The van der Waals surface area contributed by atoms with Crippen molar-refractivity contribution in [1.29, 1.82) is 0 Å². The largest absolute Gasteiger partial charge is 2.00 e. The van der Waals surface area contributed by atoms with E-state index in [0.29, 0.717) is 12.2 Å². The van der Waals surface area contributed by atoms with E-state index in [0.717, 1.165) is 35.1 Å². The van der Waals surface area contributed by atoms with Gasteiger partial charge in [-0.15, -0.1) is 0 Å². The van der Waals surface area contributed by atoms with E-state index in [-0.39, 0.29) is 23.4 Å². The number of carbonyl (C=O) groups is 1. The van der Waals surface area contributed by atoms with Crippen LogP contribution in [-0.4, -0.2) is 36.5 Å². The van der Waals surface area contributed by atoms with Crippen molar-refractivity contribution < 1.29 is 31.3 Å². The Hall–Kier alpha value is -0.974. The third-order valence-corrected chi connectivity index (χ3v) is 5.63.